The third-order valence-corrected chi connectivity index (χ3v) is 2.83. The van der Waals surface area contributed by atoms with Gasteiger partial charge in [0, 0.05) is 5.25 Å². The molecule has 1 aliphatic rings. The first-order valence-electron chi connectivity index (χ1n) is 3.57. The van der Waals surface area contributed by atoms with Crippen molar-refractivity contribution in [3.05, 3.63) is 0 Å². The molecule has 1 N–H and O–H groups in total. The quantitative estimate of drug-likeness (QED) is 0.587. The fourth-order valence-electron chi connectivity index (χ4n) is 1.28. The van der Waals surface area contributed by atoms with Crippen LogP contribution >= 0.6 is 11.8 Å². The average Bonchev–Trinajstić information content (AvgIpc) is 1.94. The van der Waals surface area contributed by atoms with E-state index in [-0.39, 0.29) is 11.4 Å². The van der Waals surface area contributed by atoms with Crippen molar-refractivity contribution in [2.45, 2.75) is 37.0 Å². The molecule has 56 valence electrons. The minimum absolute atomic E-state index is 0.179. The Balaban J connectivity index is 2.34. The van der Waals surface area contributed by atoms with E-state index in [1.807, 2.05) is 5.40 Å². The van der Waals surface area contributed by atoms with Gasteiger partial charge in [-0.25, -0.2) is 0 Å². The highest BCUT2D eigenvalue weighted by Gasteiger charge is 2.22. The zero-order chi connectivity index (χ0) is 7.40. The number of aliphatic hydroxyl groups is 1. The summed E-state index contributed by atoms with van der Waals surface area (Å²) in [5.41, 5.74) is 0. The molecule has 0 aromatic rings. The van der Waals surface area contributed by atoms with Crippen LogP contribution in [0.25, 0.3) is 0 Å². The van der Waals surface area contributed by atoms with Crippen LogP contribution in [0.4, 0.5) is 0 Å². The summed E-state index contributed by atoms with van der Waals surface area (Å²) in [4.78, 5) is 0. The van der Waals surface area contributed by atoms with E-state index in [0.29, 0.717) is 0 Å². The van der Waals surface area contributed by atoms with Crippen LogP contribution in [0.15, 0.2) is 0 Å². The first kappa shape index (κ1) is 7.90. The standard InChI is InChI=1S/C7H11NOS/c8-5-10-7-4-2-1-3-6(7)9/h6-7,9H,1-4H2/t6-,7-/m1/s1. The van der Waals surface area contributed by atoms with Crippen LogP contribution in [0, 0.1) is 10.7 Å². The van der Waals surface area contributed by atoms with Crippen molar-refractivity contribution in [1.29, 1.82) is 5.26 Å². The largest absolute Gasteiger partial charge is 0.392 e. The number of nitriles is 1. The van der Waals surface area contributed by atoms with E-state index in [1.54, 1.807) is 0 Å². The fourth-order valence-corrected chi connectivity index (χ4v) is 2.00. The topological polar surface area (TPSA) is 44.0 Å². The van der Waals surface area contributed by atoms with E-state index >= 15 is 0 Å². The molecule has 1 fully saturated rings. The lowest BCUT2D eigenvalue weighted by Crippen LogP contribution is -2.26. The Bertz CT molecular complexity index is 143. The normalized spacial score (nSPS) is 33.2. The van der Waals surface area contributed by atoms with Gasteiger partial charge in [-0.1, -0.05) is 12.8 Å². The molecule has 1 rings (SSSR count). The summed E-state index contributed by atoms with van der Waals surface area (Å²) in [7, 11) is 0. The Hall–Kier alpha value is -0.200. The molecule has 2 atom stereocenters. The van der Waals surface area contributed by atoms with E-state index < -0.39 is 0 Å². The monoisotopic (exact) mass is 157 g/mol. The average molecular weight is 157 g/mol. The van der Waals surface area contributed by atoms with Gasteiger partial charge in [-0.3, -0.25) is 0 Å². The van der Waals surface area contributed by atoms with Gasteiger partial charge in [-0.2, -0.15) is 5.26 Å². The highest BCUT2D eigenvalue weighted by Crippen LogP contribution is 2.27. The summed E-state index contributed by atoms with van der Waals surface area (Å²) in [5.74, 6) is 0. The summed E-state index contributed by atoms with van der Waals surface area (Å²) in [6, 6.07) is 0. The summed E-state index contributed by atoms with van der Waals surface area (Å²) < 4.78 is 0. The van der Waals surface area contributed by atoms with Crippen molar-refractivity contribution < 1.29 is 5.11 Å². The maximum atomic E-state index is 9.33. The Labute approximate surface area is 65.2 Å². The minimum Gasteiger partial charge on any atom is -0.392 e. The second-order valence-electron chi connectivity index (χ2n) is 2.60. The summed E-state index contributed by atoms with van der Waals surface area (Å²) in [6.07, 6.45) is 3.91. The fraction of sp³-hybridized carbons (Fsp3) is 0.857. The first-order valence-corrected chi connectivity index (χ1v) is 4.45. The maximum Gasteiger partial charge on any atom is 0.133 e. The van der Waals surface area contributed by atoms with Gasteiger partial charge >= 0.3 is 0 Å². The van der Waals surface area contributed by atoms with Crippen molar-refractivity contribution in [3.63, 3.8) is 0 Å². The lowest BCUT2D eigenvalue weighted by atomic mass is 9.97. The zero-order valence-corrected chi connectivity index (χ0v) is 6.60. The minimum atomic E-state index is -0.238. The molecule has 1 aliphatic carbocycles. The lowest BCUT2D eigenvalue weighted by Gasteiger charge is -2.24. The number of hydrogen-bond donors (Lipinski definition) is 1. The van der Waals surface area contributed by atoms with Crippen LogP contribution in [-0.4, -0.2) is 16.5 Å². The van der Waals surface area contributed by atoms with Crippen molar-refractivity contribution in [2.24, 2.45) is 0 Å². The Morgan fingerprint density at radius 2 is 2.10 bits per heavy atom. The van der Waals surface area contributed by atoms with E-state index in [4.69, 9.17) is 5.26 Å². The Morgan fingerprint density at radius 3 is 2.70 bits per heavy atom. The molecule has 0 aromatic carbocycles. The van der Waals surface area contributed by atoms with Gasteiger partial charge in [0.1, 0.15) is 5.40 Å². The van der Waals surface area contributed by atoms with Crippen LogP contribution in [0.3, 0.4) is 0 Å². The second kappa shape index (κ2) is 3.85. The molecule has 0 aliphatic heterocycles. The highest BCUT2D eigenvalue weighted by molar-refractivity contribution is 8.04. The molecule has 3 heteroatoms. The Morgan fingerprint density at radius 1 is 1.40 bits per heavy atom. The van der Waals surface area contributed by atoms with Gasteiger partial charge in [0.25, 0.3) is 0 Å². The molecule has 0 heterocycles. The molecule has 10 heavy (non-hydrogen) atoms. The van der Waals surface area contributed by atoms with Crippen LogP contribution in [0.1, 0.15) is 25.7 Å². The molecule has 0 amide bonds. The van der Waals surface area contributed by atoms with Gasteiger partial charge in [0.05, 0.1) is 6.10 Å². The van der Waals surface area contributed by atoms with Gasteiger partial charge in [0.2, 0.25) is 0 Å². The molecule has 2 nitrogen and oxygen atoms in total. The third-order valence-electron chi connectivity index (χ3n) is 1.87. The number of aliphatic hydroxyl groups excluding tert-OH is 1. The third kappa shape index (κ3) is 1.89. The van der Waals surface area contributed by atoms with E-state index in [0.717, 1.165) is 25.7 Å². The molecule has 0 spiro atoms. The van der Waals surface area contributed by atoms with Crippen molar-refractivity contribution in [1.82, 2.24) is 0 Å². The van der Waals surface area contributed by atoms with Gasteiger partial charge in [-0.05, 0) is 24.6 Å². The molecule has 0 saturated heterocycles. The van der Waals surface area contributed by atoms with E-state index in [2.05, 4.69) is 0 Å². The van der Waals surface area contributed by atoms with E-state index in [9.17, 15) is 5.11 Å². The van der Waals surface area contributed by atoms with Crippen molar-refractivity contribution >= 4 is 11.8 Å². The van der Waals surface area contributed by atoms with Crippen molar-refractivity contribution in [2.75, 3.05) is 0 Å². The van der Waals surface area contributed by atoms with Gasteiger partial charge in [0.15, 0.2) is 0 Å². The predicted octanol–water partition coefficient (Wildman–Crippen LogP) is 1.50. The molecule has 0 unspecified atom stereocenters. The maximum absolute atomic E-state index is 9.33. The van der Waals surface area contributed by atoms with Gasteiger partial charge in [-0.15, -0.1) is 0 Å². The van der Waals surface area contributed by atoms with Crippen LogP contribution in [0.2, 0.25) is 0 Å². The zero-order valence-electron chi connectivity index (χ0n) is 5.79. The second-order valence-corrected chi connectivity index (χ2v) is 3.62. The molecule has 1 saturated carbocycles. The van der Waals surface area contributed by atoms with Crippen LogP contribution in [0.5, 0.6) is 0 Å². The number of hydrogen-bond acceptors (Lipinski definition) is 3. The SMILES string of the molecule is N#CS[C@@H]1CCCC[C@H]1O. The van der Waals surface area contributed by atoms with Crippen molar-refractivity contribution in [3.8, 4) is 5.40 Å². The number of thiocyanates is 1. The number of thioether (sulfide) groups is 1. The first-order chi connectivity index (χ1) is 4.84. The molecule has 0 bridgehead atoms. The molecular formula is C7H11NOS. The summed E-state index contributed by atoms with van der Waals surface area (Å²) >= 11 is 1.22. The number of rotatable bonds is 1. The predicted molar refractivity (Wildman–Crippen MR) is 41.5 cm³/mol. The smallest absolute Gasteiger partial charge is 0.133 e. The Kier molecular flexibility index (Phi) is 3.04. The van der Waals surface area contributed by atoms with Crippen LogP contribution < -0.4 is 0 Å². The lowest BCUT2D eigenvalue weighted by molar-refractivity contribution is 0.137. The number of nitrogens with zero attached hydrogens (tertiary/aromatic N) is 1. The molecule has 0 aromatic heterocycles. The van der Waals surface area contributed by atoms with Gasteiger partial charge < -0.3 is 5.11 Å². The van der Waals surface area contributed by atoms with E-state index in [1.165, 1.54) is 11.8 Å². The molecular weight excluding hydrogens is 146 g/mol. The van der Waals surface area contributed by atoms with Crippen LogP contribution in [-0.2, 0) is 0 Å². The summed E-state index contributed by atoms with van der Waals surface area (Å²) in [6.45, 7) is 0. The summed E-state index contributed by atoms with van der Waals surface area (Å²) in [5, 5.41) is 19.9. The molecule has 0 radical (unpaired) electrons. The highest BCUT2D eigenvalue weighted by atomic mass is 32.2.